The molecule has 2 unspecified atom stereocenters. The summed E-state index contributed by atoms with van der Waals surface area (Å²) in [5, 5.41) is 6.20. The molecule has 1 aromatic rings. The standard InChI is InChI=1S/C11H18N2S2/c1-11(2)5-4-8(9(11)12-3)15-10-13-6-7-14-10/h6-9,12H,4-5H2,1-3H3. The highest BCUT2D eigenvalue weighted by molar-refractivity contribution is 8.01. The molecule has 0 spiro atoms. The molecule has 1 aliphatic rings. The van der Waals surface area contributed by atoms with Crippen LogP contribution in [0.3, 0.4) is 0 Å². The number of aromatic nitrogens is 1. The van der Waals surface area contributed by atoms with E-state index in [1.165, 1.54) is 17.2 Å². The van der Waals surface area contributed by atoms with Crippen LogP contribution in [0.15, 0.2) is 15.9 Å². The van der Waals surface area contributed by atoms with Gasteiger partial charge in [-0.25, -0.2) is 4.98 Å². The van der Waals surface area contributed by atoms with Gasteiger partial charge in [0.05, 0.1) is 0 Å². The van der Waals surface area contributed by atoms with E-state index in [4.69, 9.17) is 0 Å². The molecule has 2 nitrogen and oxygen atoms in total. The zero-order valence-electron chi connectivity index (χ0n) is 9.49. The second-order valence-electron chi connectivity index (χ2n) is 4.75. The van der Waals surface area contributed by atoms with Crippen LogP contribution in [0.5, 0.6) is 0 Å². The third-order valence-electron chi connectivity index (χ3n) is 3.26. The predicted octanol–water partition coefficient (Wildman–Crippen LogP) is 3.01. The summed E-state index contributed by atoms with van der Waals surface area (Å²) < 4.78 is 1.21. The van der Waals surface area contributed by atoms with Gasteiger partial charge < -0.3 is 5.32 Å². The minimum atomic E-state index is 0.420. The summed E-state index contributed by atoms with van der Waals surface area (Å²) in [5.41, 5.74) is 0.420. The number of nitrogens with zero attached hydrogens (tertiary/aromatic N) is 1. The summed E-state index contributed by atoms with van der Waals surface area (Å²) in [4.78, 5) is 4.35. The summed E-state index contributed by atoms with van der Waals surface area (Å²) in [5.74, 6) is 0. The van der Waals surface area contributed by atoms with Gasteiger partial charge in [-0.1, -0.05) is 25.6 Å². The lowest BCUT2D eigenvalue weighted by Crippen LogP contribution is -2.41. The highest BCUT2D eigenvalue weighted by atomic mass is 32.2. The molecule has 0 saturated heterocycles. The van der Waals surface area contributed by atoms with Crippen molar-refractivity contribution in [1.82, 2.24) is 10.3 Å². The quantitative estimate of drug-likeness (QED) is 0.882. The summed E-state index contributed by atoms with van der Waals surface area (Å²) >= 11 is 3.68. The Hall–Kier alpha value is -0.0600. The van der Waals surface area contributed by atoms with Gasteiger partial charge in [0.15, 0.2) is 0 Å². The fraction of sp³-hybridized carbons (Fsp3) is 0.727. The lowest BCUT2D eigenvalue weighted by Gasteiger charge is -2.29. The second-order valence-corrected chi connectivity index (χ2v) is 7.13. The van der Waals surface area contributed by atoms with E-state index >= 15 is 0 Å². The molecule has 0 amide bonds. The Morgan fingerprint density at radius 3 is 3.00 bits per heavy atom. The number of rotatable bonds is 3. The van der Waals surface area contributed by atoms with Crippen molar-refractivity contribution in [1.29, 1.82) is 0 Å². The second kappa shape index (κ2) is 4.44. The molecule has 0 aliphatic heterocycles. The van der Waals surface area contributed by atoms with Crippen LogP contribution in [0.1, 0.15) is 26.7 Å². The lowest BCUT2D eigenvalue weighted by molar-refractivity contribution is 0.300. The smallest absolute Gasteiger partial charge is 0.150 e. The summed E-state index contributed by atoms with van der Waals surface area (Å²) in [6.07, 6.45) is 4.49. The van der Waals surface area contributed by atoms with Crippen molar-refractivity contribution in [2.24, 2.45) is 5.41 Å². The van der Waals surface area contributed by atoms with E-state index < -0.39 is 0 Å². The molecule has 1 heterocycles. The maximum atomic E-state index is 4.35. The number of thioether (sulfide) groups is 1. The molecule has 0 radical (unpaired) electrons. The van der Waals surface area contributed by atoms with Crippen molar-refractivity contribution in [3.8, 4) is 0 Å². The van der Waals surface area contributed by atoms with Gasteiger partial charge in [0.2, 0.25) is 0 Å². The number of hydrogen-bond donors (Lipinski definition) is 1. The monoisotopic (exact) mass is 242 g/mol. The van der Waals surface area contributed by atoms with Gasteiger partial charge in [-0.05, 0) is 25.3 Å². The molecule has 0 bridgehead atoms. The van der Waals surface area contributed by atoms with E-state index in [9.17, 15) is 0 Å². The van der Waals surface area contributed by atoms with E-state index in [0.29, 0.717) is 16.7 Å². The first kappa shape index (κ1) is 11.4. The summed E-state index contributed by atoms with van der Waals surface area (Å²) in [6.45, 7) is 4.72. The van der Waals surface area contributed by atoms with Gasteiger partial charge in [-0.3, -0.25) is 0 Å². The van der Waals surface area contributed by atoms with Crippen LogP contribution in [0.2, 0.25) is 0 Å². The molecule has 84 valence electrons. The molecule has 1 fully saturated rings. The van der Waals surface area contributed by atoms with Gasteiger partial charge in [-0.15, -0.1) is 11.3 Å². The van der Waals surface area contributed by atoms with Crippen LogP contribution in [-0.2, 0) is 0 Å². The topological polar surface area (TPSA) is 24.9 Å². The molecular weight excluding hydrogens is 224 g/mol. The first-order valence-corrected chi connectivity index (χ1v) is 7.13. The molecule has 1 aliphatic carbocycles. The Labute approximate surface area is 99.9 Å². The van der Waals surface area contributed by atoms with Crippen LogP contribution < -0.4 is 5.32 Å². The number of nitrogens with one attached hydrogen (secondary N) is 1. The molecule has 15 heavy (non-hydrogen) atoms. The normalized spacial score (nSPS) is 29.5. The van der Waals surface area contributed by atoms with Crippen molar-refractivity contribution < 1.29 is 0 Å². The summed E-state index contributed by atoms with van der Waals surface area (Å²) in [6, 6.07) is 0.603. The Morgan fingerprint density at radius 2 is 2.40 bits per heavy atom. The largest absolute Gasteiger partial charge is 0.315 e. The van der Waals surface area contributed by atoms with Crippen LogP contribution in [0, 0.1) is 5.41 Å². The van der Waals surface area contributed by atoms with E-state index in [-0.39, 0.29) is 0 Å². The van der Waals surface area contributed by atoms with Gasteiger partial charge >= 0.3 is 0 Å². The van der Waals surface area contributed by atoms with Crippen LogP contribution in [-0.4, -0.2) is 23.3 Å². The minimum Gasteiger partial charge on any atom is -0.315 e. The molecule has 1 aromatic heterocycles. The highest BCUT2D eigenvalue weighted by Gasteiger charge is 2.41. The van der Waals surface area contributed by atoms with Crippen LogP contribution in [0.25, 0.3) is 0 Å². The minimum absolute atomic E-state index is 0.420. The van der Waals surface area contributed by atoms with Crippen molar-refractivity contribution in [2.45, 2.75) is 42.3 Å². The first-order chi connectivity index (χ1) is 7.13. The van der Waals surface area contributed by atoms with Crippen molar-refractivity contribution in [2.75, 3.05) is 7.05 Å². The SMILES string of the molecule is CNC1C(Sc2nccs2)CCC1(C)C. The Morgan fingerprint density at radius 1 is 1.60 bits per heavy atom. The Bertz CT molecular complexity index is 308. The van der Waals surface area contributed by atoms with Crippen molar-refractivity contribution >= 4 is 23.1 Å². The Balaban J connectivity index is 2.04. The average Bonchev–Trinajstić information content (AvgIpc) is 2.75. The van der Waals surface area contributed by atoms with E-state index in [0.717, 1.165) is 0 Å². The summed E-state index contributed by atoms with van der Waals surface area (Å²) in [7, 11) is 2.08. The van der Waals surface area contributed by atoms with Gasteiger partial charge in [-0.2, -0.15) is 0 Å². The number of thiazole rings is 1. The van der Waals surface area contributed by atoms with Crippen LogP contribution >= 0.6 is 23.1 Å². The zero-order chi connectivity index (χ0) is 10.9. The zero-order valence-corrected chi connectivity index (χ0v) is 11.1. The van der Waals surface area contributed by atoms with Gasteiger partial charge in [0, 0.05) is 22.9 Å². The maximum absolute atomic E-state index is 4.35. The molecule has 0 aromatic carbocycles. The van der Waals surface area contributed by atoms with E-state index in [1.807, 2.05) is 18.0 Å². The highest BCUT2D eigenvalue weighted by Crippen LogP contribution is 2.45. The van der Waals surface area contributed by atoms with E-state index in [1.54, 1.807) is 11.3 Å². The molecule has 1 N–H and O–H groups in total. The fourth-order valence-corrected chi connectivity index (χ4v) is 4.82. The molecule has 2 atom stereocenters. The van der Waals surface area contributed by atoms with Gasteiger partial charge in [0.25, 0.3) is 0 Å². The van der Waals surface area contributed by atoms with Gasteiger partial charge in [0.1, 0.15) is 4.34 Å². The molecular formula is C11H18N2S2. The van der Waals surface area contributed by atoms with E-state index in [2.05, 4.69) is 36.6 Å². The third-order valence-corrected chi connectivity index (χ3v) is 5.52. The van der Waals surface area contributed by atoms with Crippen LogP contribution in [0.4, 0.5) is 0 Å². The molecule has 2 rings (SSSR count). The molecule has 4 heteroatoms. The van der Waals surface area contributed by atoms with Crippen molar-refractivity contribution in [3.05, 3.63) is 11.6 Å². The lowest BCUT2D eigenvalue weighted by atomic mass is 9.87. The Kier molecular flexibility index (Phi) is 3.38. The maximum Gasteiger partial charge on any atom is 0.150 e. The predicted molar refractivity (Wildman–Crippen MR) is 67.6 cm³/mol. The fourth-order valence-electron chi connectivity index (χ4n) is 2.44. The average molecular weight is 242 g/mol. The number of hydrogen-bond acceptors (Lipinski definition) is 4. The molecule has 1 saturated carbocycles. The van der Waals surface area contributed by atoms with Crippen molar-refractivity contribution in [3.63, 3.8) is 0 Å². The third kappa shape index (κ3) is 2.37. The first-order valence-electron chi connectivity index (χ1n) is 5.37.